The fourth-order valence-corrected chi connectivity index (χ4v) is 3.35. The smallest absolute Gasteiger partial charge is 0.355 e. The molecule has 0 spiro atoms. The Morgan fingerprint density at radius 3 is 2.44 bits per heavy atom. The molecule has 0 unspecified atom stereocenters. The Hall–Kier alpha value is -4.46. The van der Waals surface area contributed by atoms with Crippen LogP contribution < -0.4 is 10.5 Å². The van der Waals surface area contributed by atoms with Gasteiger partial charge in [-0.1, -0.05) is 30.3 Å². The van der Waals surface area contributed by atoms with Gasteiger partial charge < -0.3 is 18.8 Å². The van der Waals surface area contributed by atoms with Crippen molar-refractivity contribution in [1.29, 1.82) is 0 Å². The molecule has 0 fully saturated rings. The second-order valence-corrected chi connectivity index (χ2v) is 6.66. The number of allylic oxidation sites excluding steroid dienone is 2. The maximum absolute atomic E-state index is 12.7. The predicted octanol–water partition coefficient (Wildman–Crippen LogP) is 3.35. The number of para-hydroxylation sites is 2. The van der Waals surface area contributed by atoms with Gasteiger partial charge in [-0.3, -0.25) is 0 Å². The molecule has 0 amide bonds. The molecule has 8 heteroatoms. The number of benzene rings is 2. The minimum absolute atomic E-state index is 0.00655. The summed E-state index contributed by atoms with van der Waals surface area (Å²) in [4.78, 5) is 43.6. The van der Waals surface area contributed by atoms with Crippen LogP contribution >= 0.6 is 0 Å². The lowest BCUT2D eigenvalue weighted by molar-refractivity contribution is -0.139. The summed E-state index contributed by atoms with van der Waals surface area (Å²) < 4.78 is 15.3. The van der Waals surface area contributed by atoms with E-state index >= 15 is 0 Å². The Kier molecular flexibility index (Phi) is 5.67. The van der Waals surface area contributed by atoms with Crippen molar-refractivity contribution >= 4 is 28.5 Å². The monoisotopic (exact) mass is 430 g/mol. The van der Waals surface area contributed by atoms with E-state index in [-0.39, 0.29) is 17.2 Å². The lowest BCUT2D eigenvalue weighted by Crippen LogP contribution is -2.27. The Morgan fingerprint density at radius 1 is 0.938 bits per heavy atom. The Labute approximate surface area is 182 Å². The minimum atomic E-state index is -0.746. The third-order valence-corrected chi connectivity index (χ3v) is 4.82. The number of carbonyl (C=O) groups is 2. The number of fused-ring (bicyclic) bond motifs is 1. The molecule has 3 aromatic rings. The molecule has 160 valence electrons. The Bertz CT molecular complexity index is 1370. The van der Waals surface area contributed by atoms with Gasteiger partial charge in [0.05, 0.1) is 41.9 Å². The highest BCUT2D eigenvalue weighted by Crippen LogP contribution is 2.34. The van der Waals surface area contributed by atoms with Crippen molar-refractivity contribution in [2.45, 2.75) is 0 Å². The van der Waals surface area contributed by atoms with E-state index in [4.69, 9.17) is 13.9 Å². The third-order valence-electron chi connectivity index (χ3n) is 4.82. The number of ether oxygens (including phenoxy) is 2. The largest absolute Gasteiger partial charge is 0.465 e. The van der Waals surface area contributed by atoms with E-state index < -0.39 is 17.6 Å². The molecule has 4 rings (SSSR count). The van der Waals surface area contributed by atoms with Crippen molar-refractivity contribution in [3.05, 3.63) is 94.6 Å². The number of hydrogen-bond acceptors (Lipinski definition) is 8. The number of nitrogens with zero attached hydrogens (tertiary/aromatic N) is 2. The molecule has 0 radical (unpaired) electrons. The van der Waals surface area contributed by atoms with Crippen LogP contribution in [0.4, 0.5) is 5.69 Å². The van der Waals surface area contributed by atoms with Gasteiger partial charge in [-0.05, 0) is 36.4 Å². The zero-order valence-electron chi connectivity index (χ0n) is 17.3. The number of rotatable bonds is 4. The number of esters is 2. The number of aromatic nitrogens is 1. The predicted molar refractivity (Wildman–Crippen MR) is 118 cm³/mol. The average Bonchev–Trinajstić information content (AvgIpc) is 3.06. The van der Waals surface area contributed by atoms with Gasteiger partial charge in [0.25, 0.3) is 0 Å². The van der Waals surface area contributed by atoms with Gasteiger partial charge in [-0.2, -0.15) is 0 Å². The zero-order valence-corrected chi connectivity index (χ0v) is 17.3. The molecular weight excluding hydrogens is 412 g/mol. The van der Waals surface area contributed by atoms with Crippen LogP contribution in [0.25, 0.3) is 22.4 Å². The number of carbonyl (C=O) groups excluding carboxylic acids is 2. The Balaban J connectivity index is 1.96. The molecule has 2 aromatic carbocycles. The maximum Gasteiger partial charge on any atom is 0.355 e. The quantitative estimate of drug-likeness (QED) is 0.581. The molecule has 0 saturated carbocycles. The number of methoxy groups -OCH3 is 2. The molecular formula is C24H18N2O6. The topological polar surface area (TPSA) is 98.9 Å². The van der Waals surface area contributed by atoms with Crippen molar-refractivity contribution in [2.24, 2.45) is 0 Å². The summed E-state index contributed by atoms with van der Waals surface area (Å²) >= 11 is 0. The van der Waals surface area contributed by atoms with Gasteiger partial charge in [0.1, 0.15) is 5.70 Å². The average molecular weight is 430 g/mol. The van der Waals surface area contributed by atoms with Crippen LogP contribution in [-0.4, -0.2) is 31.1 Å². The summed E-state index contributed by atoms with van der Waals surface area (Å²) in [7, 11) is 2.44. The van der Waals surface area contributed by atoms with Crippen LogP contribution in [0.3, 0.4) is 0 Å². The minimum Gasteiger partial charge on any atom is -0.465 e. The van der Waals surface area contributed by atoms with Gasteiger partial charge in [-0.25, -0.2) is 19.4 Å². The first-order chi connectivity index (χ1) is 15.5. The first-order valence-electron chi connectivity index (χ1n) is 9.59. The van der Waals surface area contributed by atoms with Crippen molar-refractivity contribution < 1.29 is 23.5 Å². The molecule has 0 atom stereocenters. The maximum atomic E-state index is 12.7. The summed E-state index contributed by atoms with van der Waals surface area (Å²) in [5, 5.41) is 0.357. The number of hydrogen-bond donors (Lipinski definition) is 0. The summed E-state index contributed by atoms with van der Waals surface area (Å²) in [6.45, 7) is 0. The molecule has 1 aromatic heterocycles. The first-order valence-corrected chi connectivity index (χ1v) is 9.59. The lowest BCUT2D eigenvalue weighted by Gasteiger charge is -2.24. The Morgan fingerprint density at radius 2 is 1.66 bits per heavy atom. The highest BCUT2D eigenvalue weighted by molar-refractivity contribution is 6.06. The molecule has 0 bridgehead atoms. The fraction of sp³-hybridized carbons (Fsp3) is 0.0833. The van der Waals surface area contributed by atoms with Crippen molar-refractivity contribution in [2.75, 3.05) is 19.1 Å². The van der Waals surface area contributed by atoms with Gasteiger partial charge in [0.2, 0.25) is 5.89 Å². The molecule has 8 nitrogen and oxygen atoms in total. The normalized spacial score (nSPS) is 13.2. The summed E-state index contributed by atoms with van der Waals surface area (Å²) in [6, 6.07) is 13.7. The van der Waals surface area contributed by atoms with E-state index in [9.17, 15) is 14.4 Å². The molecule has 0 aliphatic carbocycles. The SMILES string of the molecule is COC(=O)C1=C(C(=O)OC)N(c2ccccc2-c2nc3ccccc3c(=O)o2)C=CC=C1. The van der Waals surface area contributed by atoms with E-state index in [1.54, 1.807) is 66.9 Å². The van der Waals surface area contributed by atoms with Crippen molar-refractivity contribution in [1.82, 2.24) is 4.98 Å². The van der Waals surface area contributed by atoms with Gasteiger partial charge in [-0.15, -0.1) is 0 Å². The van der Waals surface area contributed by atoms with Crippen molar-refractivity contribution in [3.8, 4) is 11.5 Å². The van der Waals surface area contributed by atoms with E-state index in [0.717, 1.165) is 0 Å². The van der Waals surface area contributed by atoms with Crippen LogP contribution in [0.1, 0.15) is 0 Å². The van der Waals surface area contributed by atoms with E-state index in [2.05, 4.69) is 4.98 Å². The zero-order chi connectivity index (χ0) is 22.7. The van der Waals surface area contributed by atoms with Crippen LogP contribution in [0.5, 0.6) is 0 Å². The summed E-state index contributed by atoms with van der Waals surface area (Å²) in [6.07, 6.45) is 6.31. The van der Waals surface area contributed by atoms with E-state index in [1.807, 2.05) is 0 Å². The molecule has 1 aliphatic rings. The van der Waals surface area contributed by atoms with Crippen molar-refractivity contribution in [3.63, 3.8) is 0 Å². The first kappa shape index (κ1) is 20.8. The molecule has 1 aliphatic heterocycles. The lowest BCUT2D eigenvalue weighted by atomic mass is 10.1. The van der Waals surface area contributed by atoms with Crippen LogP contribution in [0.2, 0.25) is 0 Å². The second kappa shape index (κ2) is 8.73. The molecule has 0 saturated heterocycles. The standard InChI is InChI=1S/C24H18N2O6/c1-30-22(27)17-11-7-8-14-26(20(17)24(29)31-2)19-13-6-4-10-16(19)21-25-18-12-5-3-9-15(18)23(28)32-21/h3-14H,1-2H3. The van der Waals surface area contributed by atoms with Gasteiger partial charge >= 0.3 is 17.6 Å². The molecule has 2 heterocycles. The van der Waals surface area contributed by atoms with Crippen LogP contribution in [0.15, 0.2) is 93.4 Å². The molecule has 32 heavy (non-hydrogen) atoms. The summed E-state index contributed by atoms with van der Waals surface area (Å²) in [5.74, 6) is -1.38. The van der Waals surface area contributed by atoms with E-state index in [0.29, 0.717) is 22.2 Å². The molecule has 0 N–H and O–H groups in total. The number of anilines is 1. The van der Waals surface area contributed by atoms with Crippen LogP contribution in [-0.2, 0) is 19.1 Å². The van der Waals surface area contributed by atoms with Crippen LogP contribution in [0, 0.1) is 0 Å². The highest BCUT2D eigenvalue weighted by Gasteiger charge is 2.29. The highest BCUT2D eigenvalue weighted by atomic mass is 16.5. The van der Waals surface area contributed by atoms with Gasteiger partial charge in [0, 0.05) is 6.20 Å². The second-order valence-electron chi connectivity index (χ2n) is 6.66. The summed E-state index contributed by atoms with van der Waals surface area (Å²) in [5.41, 5.74) is 0.771. The third kappa shape index (κ3) is 3.69. The van der Waals surface area contributed by atoms with Gasteiger partial charge in [0.15, 0.2) is 0 Å². The van der Waals surface area contributed by atoms with E-state index in [1.165, 1.54) is 25.2 Å². The fourth-order valence-electron chi connectivity index (χ4n) is 3.35.